The first-order valence-electron chi connectivity index (χ1n) is 6.69. The Bertz CT molecular complexity index is 871. The second-order valence-electron chi connectivity index (χ2n) is 4.90. The van der Waals surface area contributed by atoms with Crippen LogP contribution in [0.15, 0.2) is 54.7 Å². The van der Waals surface area contributed by atoms with Crippen LogP contribution in [0.3, 0.4) is 0 Å². The van der Waals surface area contributed by atoms with Crippen LogP contribution in [-0.4, -0.2) is 19.9 Å². The fourth-order valence-corrected chi connectivity index (χ4v) is 2.08. The molecule has 0 fully saturated rings. The summed E-state index contributed by atoms with van der Waals surface area (Å²) in [4.78, 5) is 10.1. The summed E-state index contributed by atoms with van der Waals surface area (Å²) >= 11 is 0. The Morgan fingerprint density at radius 2 is 1.62 bits per heavy atom. The van der Waals surface area contributed by atoms with Crippen LogP contribution in [0.1, 0.15) is 5.56 Å². The number of hydrogen-bond acceptors (Lipinski definition) is 4. The molecule has 24 heavy (non-hydrogen) atoms. The SMILES string of the molecule is O=[N+]([O-])c1ccc(-n2cc(-c3ccc(C(F)(F)F)cc3)nn2)cc1. The van der Waals surface area contributed by atoms with Gasteiger partial charge in [-0.05, 0) is 24.3 Å². The second kappa shape index (κ2) is 5.76. The summed E-state index contributed by atoms with van der Waals surface area (Å²) in [7, 11) is 0. The Labute approximate surface area is 133 Å². The van der Waals surface area contributed by atoms with Gasteiger partial charge in [0.05, 0.1) is 22.4 Å². The molecule has 9 heteroatoms. The molecule has 0 N–H and O–H groups in total. The summed E-state index contributed by atoms with van der Waals surface area (Å²) in [5, 5.41) is 18.4. The zero-order valence-corrected chi connectivity index (χ0v) is 11.9. The Balaban J connectivity index is 1.86. The molecule has 0 atom stereocenters. The number of nitrogens with zero attached hydrogens (tertiary/aromatic N) is 4. The van der Waals surface area contributed by atoms with E-state index < -0.39 is 16.7 Å². The molecule has 0 radical (unpaired) electrons. The minimum Gasteiger partial charge on any atom is -0.258 e. The van der Waals surface area contributed by atoms with Crippen molar-refractivity contribution in [3.8, 4) is 16.9 Å². The zero-order chi connectivity index (χ0) is 17.3. The van der Waals surface area contributed by atoms with E-state index in [1.165, 1.54) is 47.3 Å². The van der Waals surface area contributed by atoms with Gasteiger partial charge in [0.2, 0.25) is 0 Å². The Morgan fingerprint density at radius 3 is 2.17 bits per heavy atom. The minimum absolute atomic E-state index is 0.0539. The van der Waals surface area contributed by atoms with Gasteiger partial charge in [-0.15, -0.1) is 5.10 Å². The van der Waals surface area contributed by atoms with E-state index in [4.69, 9.17) is 0 Å². The van der Waals surface area contributed by atoms with Gasteiger partial charge >= 0.3 is 6.18 Å². The Hall–Kier alpha value is -3.23. The third kappa shape index (κ3) is 3.09. The normalized spacial score (nSPS) is 11.5. The number of benzene rings is 2. The summed E-state index contributed by atoms with van der Waals surface area (Å²) in [6, 6.07) is 10.2. The number of rotatable bonds is 3. The van der Waals surface area contributed by atoms with Crippen LogP contribution in [0, 0.1) is 10.1 Å². The van der Waals surface area contributed by atoms with Crippen molar-refractivity contribution >= 4 is 5.69 Å². The van der Waals surface area contributed by atoms with Crippen LogP contribution in [-0.2, 0) is 6.18 Å². The third-order valence-electron chi connectivity index (χ3n) is 3.33. The number of nitro groups is 1. The third-order valence-corrected chi connectivity index (χ3v) is 3.33. The van der Waals surface area contributed by atoms with Crippen molar-refractivity contribution in [2.45, 2.75) is 6.18 Å². The largest absolute Gasteiger partial charge is 0.416 e. The molecule has 3 aromatic rings. The molecular weight excluding hydrogens is 325 g/mol. The highest BCUT2D eigenvalue weighted by molar-refractivity contribution is 5.59. The molecule has 0 saturated carbocycles. The number of alkyl halides is 3. The molecule has 0 saturated heterocycles. The molecular formula is C15H9F3N4O2. The molecule has 0 spiro atoms. The molecule has 6 nitrogen and oxygen atoms in total. The van der Waals surface area contributed by atoms with E-state index in [0.29, 0.717) is 16.9 Å². The maximum Gasteiger partial charge on any atom is 0.416 e. The van der Waals surface area contributed by atoms with Gasteiger partial charge in [-0.2, -0.15) is 13.2 Å². The van der Waals surface area contributed by atoms with E-state index in [1.54, 1.807) is 0 Å². The van der Waals surface area contributed by atoms with Gasteiger partial charge in [-0.3, -0.25) is 10.1 Å². The number of aromatic nitrogens is 3. The summed E-state index contributed by atoms with van der Waals surface area (Å²) in [6.07, 6.45) is -2.86. The molecule has 0 aliphatic heterocycles. The molecule has 0 bridgehead atoms. The maximum absolute atomic E-state index is 12.6. The standard InChI is InChI=1S/C15H9F3N4O2/c16-15(17,18)11-3-1-10(2-4-11)14-9-21(20-19-14)12-5-7-13(8-6-12)22(23)24/h1-9H. The first kappa shape index (κ1) is 15.7. The number of non-ortho nitro benzene ring substituents is 1. The van der Waals surface area contributed by atoms with Crippen LogP contribution in [0.2, 0.25) is 0 Å². The molecule has 0 amide bonds. The smallest absolute Gasteiger partial charge is 0.258 e. The first-order chi connectivity index (χ1) is 11.3. The lowest BCUT2D eigenvalue weighted by Crippen LogP contribution is -2.03. The molecule has 1 heterocycles. The van der Waals surface area contributed by atoms with Crippen molar-refractivity contribution < 1.29 is 18.1 Å². The molecule has 122 valence electrons. The van der Waals surface area contributed by atoms with Gasteiger partial charge in [0.25, 0.3) is 5.69 Å². The summed E-state index contributed by atoms with van der Waals surface area (Å²) in [5.74, 6) is 0. The fraction of sp³-hybridized carbons (Fsp3) is 0.0667. The van der Waals surface area contributed by atoms with Crippen LogP contribution in [0.4, 0.5) is 18.9 Å². The lowest BCUT2D eigenvalue weighted by molar-refractivity contribution is -0.384. The van der Waals surface area contributed by atoms with Crippen molar-refractivity contribution in [3.63, 3.8) is 0 Å². The zero-order valence-electron chi connectivity index (χ0n) is 11.9. The van der Waals surface area contributed by atoms with Crippen LogP contribution in [0.25, 0.3) is 16.9 Å². The number of nitro benzene ring substituents is 1. The summed E-state index contributed by atoms with van der Waals surface area (Å²) in [6.45, 7) is 0. The van der Waals surface area contributed by atoms with E-state index in [0.717, 1.165) is 12.1 Å². The molecule has 3 rings (SSSR count). The van der Waals surface area contributed by atoms with Crippen LogP contribution in [0.5, 0.6) is 0 Å². The van der Waals surface area contributed by atoms with Crippen molar-refractivity contribution in [2.24, 2.45) is 0 Å². The Kier molecular flexibility index (Phi) is 3.76. The first-order valence-corrected chi connectivity index (χ1v) is 6.69. The average Bonchev–Trinajstić information content (AvgIpc) is 3.04. The second-order valence-corrected chi connectivity index (χ2v) is 4.90. The van der Waals surface area contributed by atoms with E-state index >= 15 is 0 Å². The van der Waals surface area contributed by atoms with Gasteiger partial charge in [-0.25, -0.2) is 4.68 Å². The highest BCUT2D eigenvalue weighted by Crippen LogP contribution is 2.30. The van der Waals surface area contributed by atoms with Crippen molar-refractivity contribution in [1.82, 2.24) is 15.0 Å². The lowest BCUT2D eigenvalue weighted by atomic mass is 10.1. The van der Waals surface area contributed by atoms with Crippen molar-refractivity contribution in [1.29, 1.82) is 0 Å². The van der Waals surface area contributed by atoms with Gasteiger partial charge in [0, 0.05) is 17.7 Å². The van der Waals surface area contributed by atoms with E-state index in [9.17, 15) is 23.3 Å². The highest BCUT2D eigenvalue weighted by atomic mass is 19.4. The average molecular weight is 334 g/mol. The van der Waals surface area contributed by atoms with Crippen molar-refractivity contribution in [3.05, 3.63) is 70.4 Å². The number of halogens is 3. The minimum atomic E-state index is -4.39. The van der Waals surface area contributed by atoms with E-state index in [-0.39, 0.29) is 5.69 Å². The van der Waals surface area contributed by atoms with Gasteiger partial charge in [-0.1, -0.05) is 17.3 Å². The predicted octanol–water partition coefficient (Wildman–Crippen LogP) is 3.86. The monoisotopic (exact) mass is 334 g/mol. The molecule has 2 aromatic carbocycles. The maximum atomic E-state index is 12.6. The summed E-state index contributed by atoms with van der Waals surface area (Å²) in [5.41, 5.74) is 0.625. The highest BCUT2D eigenvalue weighted by Gasteiger charge is 2.30. The molecule has 0 aliphatic carbocycles. The molecule has 0 aliphatic rings. The molecule has 0 unspecified atom stereocenters. The van der Waals surface area contributed by atoms with Gasteiger partial charge in [0.15, 0.2) is 0 Å². The van der Waals surface area contributed by atoms with Crippen molar-refractivity contribution in [2.75, 3.05) is 0 Å². The van der Waals surface area contributed by atoms with Crippen LogP contribution >= 0.6 is 0 Å². The molecule has 1 aromatic heterocycles. The topological polar surface area (TPSA) is 73.8 Å². The lowest BCUT2D eigenvalue weighted by Gasteiger charge is -2.06. The fourth-order valence-electron chi connectivity index (χ4n) is 2.08. The number of hydrogen-bond donors (Lipinski definition) is 0. The van der Waals surface area contributed by atoms with Gasteiger partial charge < -0.3 is 0 Å². The predicted molar refractivity (Wildman–Crippen MR) is 78.5 cm³/mol. The van der Waals surface area contributed by atoms with E-state index in [2.05, 4.69) is 10.3 Å². The Morgan fingerprint density at radius 1 is 1.00 bits per heavy atom. The summed E-state index contributed by atoms with van der Waals surface area (Å²) < 4.78 is 39.1. The van der Waals surface area contributed by atoms with E-state index in [1.807, 2.05) is 0 Å². The van der Waals surface area contributed by atoms with Crippen LogP contribution < -0.4 is 0 Å². The quantitative estimate of drug-likeness (QED) is 0.538. The van der Waals surface area contributed by atoms with Gasteiger partial charge in [0.1, 0.15) is 5.69 Å².